The largest absolute Gasteiger partial charge is 0.505 e. The van der Waals surface area contributed by atoms with Crippen molar-refractivity contribution in [2.75, 3.05) is 6.54 Å². The Labute approximate surface area is 213 Å². The molecular formula is C28H25ClN2O5. The summed E-state index contributed by atoms with van der Waals surface area (Å²) in [6, 6.07) is 20.6. The number of amides is 1. The van der Waals surface area contributed by atoms with Crippen molar-refractivity contribution >= 4 is 34.2 Å². The van der Waals surface area contributed by atoms with Gasteiger partial charge in [-0.3, -0.25) is 9.59 Å². The Morgan fingerprint density at radius 2 is 1.67 bits per heavy atom. The van der Waals surface area contributed by atoms with Gasteiger partial charge in [0.1, 0.15) is 18.1 Å². The molecule has 8 heteroatoms. The molecule has 0 spiro atoms. The number of aromatic hydroxyl groups is 1. The Balaban J connectivity index is 1.47. The molecule has 0 aliphatic heterocycles. The number of halogens is 1. The van der Waals surface area contributed by atoms with Gasteiger partial charge in [-0.1, -0.05) is 41.9 Å². The number of carbonyl (C=O) groups excluding carboxylic acids is 1. The zero-order valence-electron chi connectivity index (χ0n) is 19.8. The highest BCUT2D eigenvalue weighted by Gasteiger charge is 2.28. The van der Waals surface area contributed by atoms with Crippen LogP contribution < -0.4 is 10.1 Å². The van der Waals surface area contributed by atoms with E-state index in [-0.39, 0.29) is 18.0 Å². The number of aromatic nitrogens is 1. The summed E-state index contributed by atoms with van der Waals surface area (Å²) in [5.74, 6) is -1.22. The molecule has 0 saturated heterocycles. The predicted octanol–water partition coefficient (Wildman–Crippen LogP) is 5.68. The van der Waals surface area contributed by atoms with Crippen molar-refractivity contribution < 1.29 is 24.5 Å². The molecule has 0 aliphatic carbocycles. The minimum Gasteiger partial charge on any atom is -0.505 e. The lowest BCUT2D eigenvalue weighted by Crippen LogP contribution is -2.39. The van der Waals surface area contributed by atoms with Crippen molar-refractivity contribution in [3.63, 3.8) is 0 Å². The van der Waals surface area contributed by atoms with E-state index in [1.165, 1.54) is 26.1 Å². The number of hydrogen-bond acceptors (Lipinski definition) is 5. The molecule has 0 bridgehead atoms. The molecule has 0 saturated carbocycles. The summed E-state index contributed by atoms with van der Waals surface area (Å²) in [6.45, 7) is 3.33. The molecule has 4 aromatic rings. The molecular weight excluding hydrogens is 480 g/mol. The summed E-state index contributed by atoms with van der Waals surface area (Å²) in [6.07, 6.45) is 1.50. The lowest BCUT2D eigenvalue weighted by molar-refractivity contribution is -0.146. The molecule has 3 N–H and O–H groups in total. The summed E-state index contributed by atoms with van der Waals surface area (Å²) in [4.78, 5) is 27.7. The molecule has 1 aromatic heterocycles. The van der Waals surface area contributed by atoms with Crippen LogP contribution in [0, 0.1) is 5.41 Å². The van der Waals surface area contributed by atoms with Crippen LogP contribution in [0.1, 0.15) is 29.9 Å². The maximum absolute atomic E-state index is 12.4. The van der Waals surface area contributed by atoms with Crippen LogP contribution in [0.15, 0.2) is 72.9 Å². The van der Waals surface area contributed by atoms with Crippen LogP contribution in [0.4, 0.5) is 0 Å². The molecule has 1 heterocycles. The average molecular weight is 505 g/mol. The van der Waals surface area contributed by atoms with Crippen LogP contribution in [-0.4, -0.2) is 33.6 Å². The molecule has 3 aromatic carbocycles. The van der Waals surface area contributed by atoms with Crippen LogP contribution in [0.3, 0.4) is 0 Å². The van der Waals surface area contributed by atoms with Gasteiger partial charge in [0.25, 0.3) is 5.91 Å². The van der Waals surface area contributed by atoms with E-state index < -0.39 is 17.3 Å². The highest BCUT2D eigenvalue weighted by atomic mass is 35.5. The standard InChI is InChI=1S/C28H25ClN2O5/c1-28(2,27(34)35)16-31-26(33)25-24(32)13-21(14-30-25)19-5-6-20-12-23(10-7-18(20)11-19)36-15-17-3-8-22(29)9-4-17/h3-14,32H,15-16H2,1-2H3,(H,31,33)(H,34,35). The first-order valence-corrected chi connectivity index (χ1v) is 11.6. The third kappa shape index (κ3) is 5.75. The van der Waals surface area contributed by atoms with Crippen molar-refractivity contribution in [2.45, 2.75) is 20.5 Å². The Morgan fingerprint density at radius 1 is 0.972 bits per heavy atom. The lowest BCUT2D eigenvalue weighted by atomic mass is 9.94. The van der Waals surface area contributed by atoms with Gasteiger partial charge in [-0.15, -0.1) is 0 Å². The Morgan fingerprint density at radius 3 is 2.36 bits per heavy atom. The van der Waals surface area contributed by atoms with Gasteiger partial charge in [-0.05, 0) is 72.1 Å². The first-order chi connectivity index (χ1) is 17.1. The van der Waals surface area contributed by atoms with Gasteiger partial charge in [-0.25, -0.2) is 4.98 Å². The molecule has 36 heavy (non-hydrogen) atoms. The van der Waals surface area contributed by atoms with Gasteiger partial charge in [0.15, 0.2) is 5.69 Å². The van der Waals surface area contributed by atoms with E-state index >= 15 is 0 Å². The Hall–Kier alpha value is -4.10. The van der Waals surface area contributed by atoms with Crippen molar-refractivity contribution in [3.8, 4) is 22.6 Å². The maximum atomic E-state index is 12.4. The molecule has 7 nitrogen and oxygen atoms in total. The van der Waals surface area contributed by atoms with Crippen molar-refractivity contribution in [2.24, 2.45) is 5.41 Å². The first kappa shape index (κ1) is 25.0. The molecule has 4 rings (SSSR count). The summed E-state index contributed by atoms with van der Waals surface area (Å²) in [5, 5.41) is 24.8. The van der Waals surface area contributed by atoms with E-state index in [2.05, 4.69) is 10.3 Å². The number of ether oxygens (including phenoxy) is 1. The fourth-order valence-corrected chi connectivity index (χ4v) is 3.61. The molecule has 0 atom stereocenters. The molecule has 0 unspecified atom stereocenters. The zero-order valence-corrected chi connectivity index (χ0v) is 20.5. The van der Waals surface area contributed by atoms with Crippen molar-refractivity contribution in [3.05, 3.63) is 89.2 Å². The maximum Gasteiger partial charge on any atom is 0.310 e. The van der Waals surface area contributed by atoms with Crippen molar-refractivity contribution in [1.29, 1.82) is 0 Å². The number of rotatable bonds is 8. The van der Waals surface area contributed by atoms with Gasteiger partial charge in [-0.2, -0.15) is 0 Å². The number of nitrogens with one attached hydrogen (secondary N) is 1. The van der Waals surface area contributed by atoms with Gasteiger partial charge in [0, 0.05) is 23.3 Å². The number of pyridine rings is 1. The highest BCUT2D eigenvalue weighted by molar-refractivity contribution is 6.30. The summed E-state index contributed by atoms with van der Waals surface area (Å²) >= 11 is 5.92. The number of carboxylic acid groups (broad SMARTS) is 1. The van der Waals surface area contributed by atoms with E-state index in [4.69, 9.17) is 16.3 Å². The lowest BCUT2D eigenvalue weighted by Gasteiger charge is -2.19. The highest BCUT2D eigenvalue weighted by Crippen LogP contribution is 2.30. The molecule has 184 valence electrons. The third-order valence-corrected chi connectivity index (χ3v) is 6.07. The number of hydrogen-bond donors (Lipinski definition) is 3. The second-order valence-corrected chi connectivity index (χ2v) is 9.54. The number of aliphatic carboxylic acids is 1. The second-order valence-electron chi connectivity index (χ2n) is 9.10. The molecule has 1 amide bonds. The fraction of sp³-hybridized carbons (Fsp3) is 0.179. The molecule has 0 radical (unpaired) electrons. The Kier molecular flexibility index (Phi) is 7.12. The van der Waals surface area contributed by atoms with E-state index in [0.717, 1.165) is 27.6 Å². The number of carboxylic acids is 1. The van der Waals surface area contributed by atoms with Gasteiger partial charge in [0.05, 0.1) is 5.41 Å². The van der Waals surface area contributed by atoms with Gasteiger partial charge < -0.3 is 20.3 Å². The number of benzene rings is 3. The van der Waals surface area contributed by atoms with Gasteiger partial charge in [0.2, 0.25) is 0 Å². The quantitative estimate of drug-likeness (QED) is 0.285. The fourth-order valence-electron chi connectivity index (χ4n) is 3.49. The van der Waals surface area contributed by atoms with Crippen LogP contribution >= 0.6 is 11.6 Å². The van der Waals surface area contributed by atoms with Gasteiger partial charge >= 0.3 is 5.97 Å². The van der Waals surface area contributed by atoms with Crippen LogP contribution in [0.2, 0.25) is 5.02 Å². The van der Waals surface area contributed by atoms with E-state index in [0.29, 0.717) is 17.2 Å². The number of nitrogens with zero attached hydrogens (tertiary/aromatic N) is 1. The number of carbonyl (C=O) groups is 2. The average Bonchev–Trinajstić information content (AvgIpc) is 2.86. The van der Waals surface area contributed by atoms with Crippen LogP contribution in [-0.2, 0) is 11.4 Å². The van der Waals surface area contributed by atoms with E-state index in [1.54, 1.807) is 0 Å². The van der Waals surface area contributed by atoms with E-state index in [1.807, 2.05) is 60.7 Å². The number of fused-ring (bicyclic) bond motifs is 1. The molecule has 0 fully saturated rings. The minimum absolute atomic E-state index is 0.0971. The summed E-state index contributed by atoms with van der Waals surface area (Å²) < 4.78 is 5.90. The monoisotopic (exact) mass is 504 g/mol. The first-order valence-electron chi connectivity index (χ1n) is 11.2. The third-order valence-electron chi connectivity index (χ3n) is 5.82. The van der Waals surface area contributed by atoms with Crippen molar-refractivity contribution in [1.82, 2.24) is 10.3 Å². The summed E-state index contributed by atoms with van der Waals surface area (Å²) in [7, 11) is 0. The molecule has 0 aliphatic rings. The smallest absolute Gasteiger partial charge is 0.310 e. The topological polar surface area (TPSA) is 109 Å². The Bertz CT molecular complexity index is 1430. The second kappa shape index (κ2) is 10.3. The van der Waals surface area contributed by atoms with E-state index in [9.17, 15) is 19.8 Å². The zero-order chi connectivity index (χ0) is 25.9. The summed E-state index contributed by atoms with van der Waals surface area (Å²) in [5.41, 5.74) is 1.17. The van der Waals surface area contributed by atoms with Crippen LogP contribution in [0.5, 0.6) is 11.5 Å². The normalized spacial score (nSPS) is 11.3. The minimum atomic E-state index is -1.14. The SMILES string of the molecule is CC(C)(CNC(=O)c1ncc(-c2ccc3cc(OCc4ccc(Cl)cc4)ccc3c2)cc1O)C(=O)O. The van der Waals surface area contributed by atoms with Crippen LogP contribution in [0.25, 0.3) is 21.9 Å². The predicted molar refractivity (Wildman–Crippen MR) is 138 cm³/mol.